The molecular weight excluding hydrogens is 232 g/mol. The zero-order valence-corrected chi connectivity index (χ0v) is 10.5. The van der Waals surface area contributed by atoms with E-state index in [1.807, 2.05) is 30.3 Å². The molecule has 0 spiro atoms. The molecule has 0 aliphatic heterocycles. The lowest BCUT2D eigenvalue weighted by Gasteiger charge is -2.02. The van der Waals surface area contributed by atoms with Crippen molar-refractivity contribution in [2.75, 3.05) is 6.54 Å². The van der Waals surface area contributed by atoms with Crippen LogP contribution in [-0.2, 0) is 13.0 Å². The van der Waals surface area contributed by atoms with Gasteiger partial charge in [0.15, 0.2) is 0 Å². The molecule has 3 nitrogen and oxygen atoms in total. The summed E-state index contributed by atoms with van der Waals surface area (Å²) in [5.41, 5.74) is 6.59. The summed E-state index contributed by atoms with van der Waals surface area (Å²) in [6.07, 6.45) is 1.95. The Hall–Kier alpha value is -1.39. The third-order valence-corrected chi connectivity index (χ3v) is 3.21. The lowest BCUT2D eigenvalue weighted by Crippen LogP contribution is -2.01. The van der Waals surface area contributed by atoms with E-state index >= 15 is 0 Å². The first-order valence-electron chi connectivity index (χ1n) is 5.69. The first-order chi connectivity index (χ1) is 8.38. The minimum Gasteiger partial charge on any atom is -0.486 e. The van der Waals surface area contributed by atoms with Crippen molar-refractivity contribution in [2.45, 2.75) is 19.4 Å². The van der Waals surface area contributed by atoms with Crippen LogP contribution in [0.1, 0.15) is 17.1 Å². The smallest absolute Gasteiger partial charge is 0.140 e. The van der Waals surface area contributed by atoms with Gasteiger partial charge in [-0.2, -0.15) is 0 Å². The summed E-state index contributed by atoms with van der Waals surface area (Å²) in [6, 6.07) is 9.79. The van der Waals surface area contributed by atoms with Gasteiger partial charge in [-0.25, -0.2) is 4.98 Å². The van der Waals surface area contributed by atoms with Gasteiger partial charge in [-0.05, 0) is 31.5 Å². The van der Waals surface area contributed by atoms with Gasteiger partial charge in [0.2, 0.25) is 0 Å². The number of hydrogen-bond acceptors (Lipinski definition) is 4. The van der Waals surface area contributed by atoms with Crippen LogP contribution in [-0.4, -0.2) is 11.5 Å². The van der Waals surface area contributed by atoms with E-state index in [2.05, 4.69) is 10.4 Å². The van der Waals surface area contributed by atoms with Crippen LogP contribution >= 0.6 is 11.3 Å². The zero-order valence-electron chi connectivity index (χ0n) is 9.63. The third kappa shape index (κ3) is 3.84. The van der Waals surface area contributed by atoms with Gasteiger partial charge >= 0.3 is 0 Å². The van der Waals surface area contributed by atoms with E-state index in [0.717, 1.165) is 29.3 Å². The van der Waals surface area contributed by atoms with Gasteiger partial charge in [-0.15, -0.1) is 11.3 Å². The van der Waals surface area contributed by atoms with Crippen LogP contribution in [0.15, 0.2) is 35.7 Å². The number of nitrogens with zero attached hydrogens (tertiary/aromatic N) is 1. The van der Waals surface area contributed by atoms with Gasteiger partial charge in [0, 0.05) is 5.38 Å². The Kier molecular flexibility index (Phi) is 4.53. The highest BCUT2D eigenvalue weighted by Gasteiger charge is 2.02. The molecule has 0 aliphatic rings. The molecule has 0 radical (unpaired) electrons. The van der Waals surface area contributed by atoms with Gasteiger partial charge in [-0.1, -0.05) is 18.2 Å². The maximum Gasteiger partial charge on any atom is 0.140 e. The predicted molar refractivity (Wildman–Crippen MR) is 70.3 cm³/mol. The van der Waals surface area contributed by atoms with Crippen LogP contribution < -0.4 is 10.5 Å². The molecule has 2 rings (SSSR count). The molecule has 0 unspecified atom stereocenters. The van der Waals surface area contributed by atoms with Crippen molar-refractivity contribution >= 4 is 11.3 Å². The second-order valence-corrected chi connectivity index (χ2v) is 4.67. The van der Waals surface area contributed by atoms with Crippen LogP contribution in [0.2, 0.25) is 0 Å². The Morgan fingerprint density at radius 1 is 1.24 bits per heavy atom. The molecule has 1 aromatic carbocycles. The molecular formula is C13H16N2OS. The summed E-state index contributed by atoms with van der Waals surface area (Å²) in [5, 5.41) is 3.10. The van der Waals surface area contributed by atoms with E-state index < -0.39 is 0 Å². The Labute approximate surface area is 105 Å². The fraction of sp³-hybridized carbons (Fsp3) is 0.308. The quantitative estimate of drug-likeness (QED) is 0.855. The fourth-order valence-electron chi connectivity index (χ4n) is 1.48. The van der Waals surface area contributed by atoms with Crippen molar-refractivity contribution in [3.63, 3.8) is 0 Å². The normalized spacial score (nSPS) is 10.4. The van der Waals surface area contributed by atoms with Gasteiger partial charge in [-0.3, -0.25) is 0 Å². The van der Waals surface area contributed by atoms with Crippen molar-refractivity contribution in [3.8, 4) is 5.75 Å². The van der Waals surface area contributed by atoms with Crippen molar-refractivity contribution < 1.29 is 4.74 Å². The highest BCUT2D eigenvalue weighted by Crippen LogP contribution is 2.15. The molecule has 2 N–H and O–H groups in total. The predicted octanol–water partition coefficient (Wildman–Crippen LogP) is 2.61. The Morgan fingerprint density at radius 2 is 2.06 bits per heavy atom. The second-order valence-electron chi connectivity index (χ2n) is 3.73. The van der Waals surface area contributed by atoms with Crippen LogP contribution in [0.3, 0.4) is 0 Å². The topological polar surface area (TPSA) is 48.1 Å². The number of nitrogens with two attached hydrogens (primary N) is 1. The molecule has 0 bridgehead atoms. The first kappa shape index (κ1) is 12.1. The Balaban J connectivity index is 1.85. The van der Waals surface area contributed by atoms with Crippen LogP contribution in [0, 0.1) is 0 Å². The molecule has 2 aromatic rings. The molecule has 1 heterocycles. The van der Waals surface area contributed by atoms with Crippen LogP contribution in [0.5, 0.6) is 5.75 Å². The number of thiazole rings is 1. The van der Waals surface area contributed by atoms with Crippen molar-refractivity contribution in [1.82, 2.24) is 4.98 Å². The summed E-state index contributed by atoms with van der Waals surface area (Å²) < 4.78 is 5.63. The number of hydrogen-bond donors (Lipinski definition) is 1. The molecule has 0 fully saturated rings. The maximum atomic E-state index is 5.63. The average Bonchev–Trinajstić information content (AvgIpc) is 2.83. The number of aromatic nitrogens is 1. The number of rotatable bonds is 6. The van der Waals surface area contributed by atoms with E-state index in [4.69, 9.17) is 10.5 Å². The largest absolute Gasteiger partial charge is 0.486 e. The van der Waals surface area contributed by atoms with E-state index in [1.54, 1.807) is 11.3 Å². The number of ether oxygens (including phenoxy) is 1. The monoisotopic (exact) mass is 248 g/mol. The third-order valence-electron chi connectivity index (χ3n) is 2.34. The van der Waals surface area contributed by atoms with Crippen LogP contribution in [0.25, 0.3) is 0 Å². The first-order valence-corrected chi connectivity index (χ1v) is 6.57. The van der Waals surface area contributed by atoms with Gasteiger partial charge in [0.1, 0.15) is 17.4 Å². The molecule has 17 heavy (non-hydrogen) atoms. The molecule has 1 aromatic heterocycles. The highest BCUT2D eigenvalue weighted by molar-refractivity contribution is 7.09. The van der Waals surface area contributed by atoms with Crippen molar-refractivity contribution in [2.24, 2.45) is 5.73 Å². The van der Waals surface area contributed by atoms with E-state index in [0.29, 0.717) is 13.2 Å². The number of para-hydroxylation sites is 1. The van der Waals surface area contributed by atoms with Gasteiger partial charge in [0.05, 0.1) is 5.69 Å². The SMILES string of the molecule is NCCCc1csc(COc2ccccc2)n1. The molecule has 0 saturated heterocycles. The highest BCUT2D eigenvalue weighted by atomic mass is 32.1. The lowest BCUT2D eigenvalue weighted by atomic mass is 10.2. The molecule has 90 valence electrons. The summed E-state index contributed by atoms with van der Waals surface area (Å²) in [7, 11) is 0. The standard InChI is InChI=1S/C13H16N2OS/c14-8-4-5-11-10-17-13(15-11)9-16-12-6-2-1-3-7-12/h1-3,6-7,10H,4-5,8-9,14H2. The number of benzene rings is 1. The average molecular weight is 248 g/mol. The summed E-state index contributed by atoms with van der Waals surface area (Å²) in [4.78, 5) is 4.50. The minimum absolute atomic E-state index is 0.539. The minimum atomic E-state index is 0.539. The summed E-state index contributed by atoms with van der Waals surface area (Å²) in [6.45, 7) is 1.25. The van der Waals surface area contributed by atoms with E-state index in [9.17, 15) is 0 Å². The second kappa shape index (κ2) is 6.37. The van der Waals surface area contributed by atoms with Gasteiger partial charge in [0.25, 0.3) is 0 Å². The Morgan fingerprint density at radius 3 is 2.82 bits per heavy atom. The molecule has 0 aliphatic carbocycles. The number of aryl methyl sites for hydroxylation is 1. The summed E-state index contributed by atoms with van der Waals surface area (Å²) in [5.74, 6) is 0.881. The molecule has 4 heteroatoms. The lowest BCUT2D eigenvalue weighted by molar-refractivity contribution is 0.305. The fourth-order valence-corrected chi connectivity index (χ4v) is 2.21. The van der Waals surface area contributed by atoms with Gasteiger partial charge < -0.3 is 10.5 Å². The maximum absolute atomic E-state index is 5.63. The van der Waals surface area contributed by atoms with Crippen LogP contribution in [0.4, 0.5) is 0 Å². The molecule has 0 amide bonds. The van der Waals surface area contributed by atoms with E-state index in [-0.39, 0.29) is 0 Å². The van der Waals surface area contributed by atoms with E-state index in [1.165, 1.54) is 0 Å². The molecule has 0 atom stereocenters. The van der Waals surface area contributed by atoms with Crippen molar-refractivity contribution in [3.05, 3.63) is 46.4 Å². The van der Waals surface area contributed by atoms with Crippen molar-refractivity contribution in [1.29, 1.82) is 0 Å². The zero-order chi connectivity index (χ0) is 11.9. The Bertz CT molecular complexity index is 442. The summed E-state index contributed by atoms with van der Waals surface area (Å²) >= 11 is 1.64. The molecule has 0 saturated carbocycles.